The molecule has 4 aliphatic carbocycles. The van der Waals surface area contributed by atoms with Gasteiger partial charge in [-0.2, -0.15) is 25.3 Å². The van der Waals surface area contributed by atoms with Crippen molar-refractivity contribution in [2.45, 2.75) is 105 Å². The molecule has 0 heterocycles. The minimum atomic E-state index is -5.07. The molecule has 0 bridgehead atoms. The van der Waals surface area contributed by atoms with Crippen molar-refractivity contribution in [3.63, 3.8) is 0 Å². The van der Waals surface area contributed by atoms with E-state index in [1.165, 1.54) is 0 Å². The molecule has 0 aliphatic heterocycles. The first-order valence-electron chi connectivity index (χ1n) is 15.2. The van der Waals surface area contributed by atoms with Crippen LogP contribution in [0.2, 0.25) is 0 Å². The molecule has 0 aromatic heterocycles. The zero-order chi connectivity index (χ0) is 32.3. The molecule has 12 unspecified atom stereocenters. The maximum absolute atomic E-state index is 12.0. The van der Waals surface area contributed by atoms with Crippen molar-refractivity contribution in [1.82, 2.24) is 0 Å². The average molecular weight is 673 g/mol. The van der Waals surface area contributed by atoms with Crippen molar-refractivity contribution in [2.24, 2.45) is 58.2 Å². The Morgan fingerprint density at radius 1 is 0.674 bits per heavy atom. The summed E-state index contributed by atoms with van der Waals surface area (Å²) >= 11 is 0. The van der Waals surface area contributed by atoms with Crippen molar-refractivity contribution < 1.29 is 51.5 Å². The molecule has 3 N–H and O–H groups in total. The molecule has 0 saturated heterocycles. The van der Waals surface area contributed by atoms with E-state index < -0.39 is 60.8 Å². The van der Waals surface area contributed by atoms with E-state index in [4.69, 9.17) is 12.5 Å². The lowest BCUT2D eigenvalue weighted by atomic mass is 9.43. The highest BCUT2D eigenvalue weighted by molar-refractivity contribution is 7.81. The van der Waals surface area contributed by atoms with Gasteiger partial charge in [-0.05, 0) is 103 Å². The highest BCUT2D eigenvalue weighted by Crippen LogP contribution is 2.69. The normalized spacial score (nSPS) is 41.9. The minimum absolute atomic E-state index is 0.0204. The van der Waals surface area contributed by atoms with Gasteiger partial charge in [-0.3, -0.25) is 13.7 Å². The van der Waals surface area contributed by atoms with Crippen molar-refractivity contribution >= 4 is 31.2 Å². The predicted molar refractivity (Wildman–Crippen MR) is 158 cm³/mol. The summed E-state index contributed by atoms with van der Waals surface area (Å²) in [6.07, 6.45) is 4.10. The van der Waals surface area contributed by atoms with Crippen LogP contribution >= 0.6 is 0 Å². The third kappa shape index (κ3) is 7.67. The van der Waals surface area contributed by atoms with Gasteiger partial charge in [0, 0.05) is 0 Å². The van der Waals surface area contributed by atoms with Crippen LogP contribution in [0.25, 0.3) is 0 Å². The Bertz CT molecular complexity index is 1380. The quantitative estimate of drug-likeness (QED) is 0.210. The van der Waals surface area contributed by atoms with Gasteiger partial charge in [-0.25, -0.2) is 12.5 Å². The van der Waals surface area contributed by atoms with Gasteiger partial charge in [0.15, 0.2) is 0 Å². The SMILES string of the molecule is CC(C)C(C)C=CC(C)C1CCC2C3CC(OS(=O)(=O)O)C4CC(OS(=O)(=O)O)C(OS(=O)(=O)O)CC4(C)C3CCC12C. The van der Waals surface area contributed by atoms with E-state index in [0.717, 1.165) is 25.7 Å². The highest BCUT2D eigenvalue weighted by Gasteiger charge is 2.65. The zero-order valence-electron chi connectivity index (χ0n) is 25.7. The summed E-state index contributed by atoms with van der Waals surface area (Å²) in [5.74, 6) is 1.22. The first-order chi connectivity index (χ1) is 19.5. The van der Waals surface area contributed by atoms with Gasteiger partial charge >= 0.3 is 31.2 Å². The number of hydrogen-bond acceptors (Lipinski definition) is 9. The van der Waals surface area contributed by atoms with Crippen LogP contribution in [0.4, 0.5) is 0 Å². The molecular formula is C28H48O12S3. The Balaban J connectivity index is 1.70. The summed E-state index contributed by atoms with van der Waals surface area (Å²) < 4.78 is 114. The number of allylic oxidation sites excluding steroid dienone is 2. The second kappa shape index (κ2) is 12.2. The average Bonchev–Trinajstić information content (AvgIpc) is 3.18. The maximum Gasteiger partial charge on any atom is 0.397 e. The lowest BCUT2D eigenvalue weighted by molar-refractivity contribution is -0.183. The van der Waals surface area contributed by atoms with Crippen molar-refractivity contribution in [3.8, 4) is 0 Å². The first-order valence-corrected chi connectivity index (χ1v) is 19.3. The molecule has 0 radical (unpaired) electrons. The fraction of sp³-hybridized carbons (Fsp3) is 0.929. The van der Waals surface area contributed by atoms with Crippen LogP contribution in [0.15, 0.2) is 12.2 Å². The lowest BCUT2D eigenvalue weighted by Crippen LogP contribution is -2.62. The minimum Gasteiger partial charge on any atom is -0.264 e. The Morgan fingerprint density at radius 2 is 1.21 bits per heavy atom. The summed E-state index contributed by atoms with van der Waals surface area (Å²) in [6, 6.07) is 0. The molecule has 0 spiro atoms. The third-order valence-corrected chi connectivity index (χ3v) is 13.3. The molecule has 0 aromatic rings. The third-order valence-electron chi connectivity index (χ3n) is 11.8. The Kier molecular flexibility index (Phi) is 9.97. The monoisotopic (exact) mass is 672 g/mol. The molecule has 12 atom stereocenters. The summed E-state index contributed by atoms with van der Waals surface area (Å²) in [5.41, 5.74) is -0.863. The largest absolute Gasteiger partial charge is 0.397 e. The molecule has 4 aliphatic rings. The van der Waals surface area contributed by atoms with Crippen molar-refractivity contribution in [3.05, 3.63) is 12.2 Å². The molecule has 12 nitrogen and oxygen atoms in total. The number of hydrogen-bond donors (Lipinski definition) is 3. The van der Waals surface area contributed by atoms with E-state index in [0.29, 0.717) is 30.1 Å². The van der Waals surface area contributed by atoms with Gasteiger partial charge in [0.2, 0.25) is 0 Å². The van der Waals surface area contributed by atoms with E-state index in [9.17, 15) is 38.9 Å². The summed E-state index contributed by atoms with van der Waals surface area (Å²) in [7, 11) is -15.0. The molecular weight excluding hydrogens is 624 g/mol. The van der Waals surface area contributed by atoms with Crippen molar-refractivity contribution in [2.75, 3.05) is 0 Å². The van der Waals surface area contributed by atoms with Crippen LogP contribution < -0.4 is 0 Å². The van der Waals surface area contributed by atoms with Crippen LogP contribution in [0.5, 0.6) is 0 Å². The van der Waals surface area contributed by atoms with Crippen molar-refractivity contribution in [1.29, 1.82) is 0 Å². The summed E-state index contributed by atoms with van der Waals surface area (Å²) in [5, 5.41) is 0. The fourth-order valence-electron chi connectivity index (χ4n) is 9.64. The maximum atomic E-state index is 12.0. The molecule has 4 saturated carbocycles. The van der Waals surface area contributed by atoms with Crippen LogP contribution in [0, 0.1) is 58.2 Å². The number of rotatable bonds is 10. The topological polar surface area (TPSA) is 191 Å². The van der Waals surface area contributed by atoms with E-state index in [1.807, 2.05) is 6.92 Å². The molecule has 0 amide bonds. The fourth-order valence-corrected chi connectivity index (χ4v) is 11.2. The smallest absolute Gasteiger partial charge is 0.264 e. The van der Waals surface area contributed by atoms with Crippen LogP contribution in [0.1, 0.15) is 86.5 Å². The van der Waals surface area contributed by atoms with Crippen LogP contribution in [-0.4, -0.2) is 57.2 Å². The molecule has 4 rings (SSSR count). The van der Waals surface area contributed by atoms with Gasteiger partial charge in [0.05, 0.1) is 6.10 Å². The Morgan fingerprint density at radius 3 is 1.77 bits per heavy atom. The van der Waals surface area contributed by atoms with E-state index in [2.05, 4.69) is 46.8 Å². The Hall–Kier alpha value is -0.650. The van der Waals surface area contributed by atoms with Crippen LogP contribution in [-0.2, 0) is 43.7 Å². The predicted octanol–water partition coefficient (Wildman–Crippen LogP) is 4.91. The molecule has 15 heteroatoms. The standard InChI is InChI=1S/C28H48O12S3/c1-16(2)17(3)7-8-18(4)20-9-10-21-19-13-24(38-41(29,30)31)23-14-25(39-42(32,33)34)26(40-43(35,36)37)15-28(23,6)22(19)11-12-27(20,21)5/h7-8,16-26H,9-15H2,1-6H3,(H,29,30,31)(H,32,33,34)(H,35,36,37). The zero-order valence-corrected chi connectivity index (χ0v) is 28.1. The van der Waals surface area contributed by atoms with Gasteiger partial charge in [-0.15, -0.1) is 0 Å². The van der Waals surface area contributed by atoms with Gasteiger partial charge in [-0.1, -0.05) is 53.7 Å². The first kappa shape index (κ1) is 35.2. The molecule has 250 valence electrons. The summed E-state index contributed by atoms with van der Waals surface area (Å²) in [6.45, 7) is 13.1. The molecule has 4 fully saturated rings. The molecule has 0 aromatic carbocycles. The molecule has 43 heavy (non-hydrogen) atoms. The second-order valence-corrected chi connectivity index (χ2v) is 17.6. The van der Waals surface area contributed by atoms with Gasteiger partial charge in [0.25, 0.3) is 0 Å². The van der Waals surface area contributed by atoms with Gasteiger partial charge < -0.3 is 0 Å². The second-order valence-electron chi connectivity index (χ2n) is 14.4. The van der Waals surface area contributed by atoms with E-state index in [1.54, 1.807) is 0 Å². The number of fused-ring (bicyclic) bond motifs is 5. The van der Waals surface area contributed by atoms with E-state index >= 15 is 0 Å². The van der Waals surface area contributed by atoms with E-state index in [-0.39, 0.29) is 36.0 Å². The highest BCUT2D eigenvalue weighted by atomic mass is 32.3. The Labute approximate surface area is 257 Å². The lowest BCUT2D eigenvalue weighted by Gasteiger charge is -2.63. The van der Waals surface area contributed by atoms with Crippen LogP contribution in [0.3, 0.4) is 0 Å². The van der Waals surface area contributed by atoms with Gasteiger partial charge in [0.1, 0.15) is 12.2 Å². The summed E-state index contributed by atoms with van der Waals surface area (Å²) in [4.78, 5) is 0.